The number of carbonyl (C=O) groups is 2. The smallest absolute Gasteiger partial charge is 0.231 e. The molecule has 206 valence electrons. The third-order valence-corrected chi connectivity index (χ3v) is 7.58. The van der Waals surface area contributed by atoms with Crippen LogP contribution in [0.15, 0.2) is 48.7 Å². The van der Waals surface area contributed by atoms with Crippen molar-refractivity contribution in [3.63, 3.8) is 0 Å². The lowest BCUT2D eigenvalue weighted by atomic mass is 9.98. The molecule has 0 unspecified atom stereocenters. The fourth-order valence-corrected chi connectivity index (χ4v) is 5.47. The maximum atomic E-state index is 13.9. The van der Waals surface area contributed by atoms with Crippen LogP contribution >= 0.6 is 11.3 Å². The number of hydrogen-bond donors (Lipinski definition) is 1. The maximum Gasteiger partial charge on any atom is 0.231 e. The van der Waals surface area contributed by atoms with Gasteiger partial charge in [0.1, 0.15) is 21.6 Å². The van der Waals surface area contributed by atoms with Crippen molar-refractivity contribution in [2.75, 3.05) is 23.3 Å². The summed E-state index contributed by atoms with van der Waals surface area (Å²) in [7, 11) is 0. The van der Waals surface area contributed by atoms with Crippen LogP contribution in [0.5, 0.6) is 0 Å². The van der Waals surface area contributed by atoms with Crippen LogP contribution in [-0.4, -0.2) is 50.2 Å². The monoisotopic (exact) mass is 567 g/mol. The molecule has 0 atom stereocenters. The SMILES string of the molecule is O=C(Cc1nnc(C2CCN(c3ccc(NC(=O)Cc4ccccn4)nn3)CC2)s1)Cc1c(F)ccc(F)c1F. The number of amides is 1. The summed E-state index contributed by atoms with van der Waals surface area (Å²) in [5.74, 6) is -3.00. The molecule has 13 heteroatoms. The summed E-state index contributed by atoms with van der Waals surface area (Å²) < 4.78 is 41.2. The molecule has 1 aromatic carbocycles. The minimum Gasteiger partial charge on any atom is -0.355 e. The van der Waals surface area contributed by atoms with Gasteiger partial charge in [0.15, 0.2) is 23.3 Å². The van der Waals surface area contributed by atoms with Crippen molar-refractivity contribution in [3.05, 3.63) is 87.4 Å². The third-order valence-electron chi connectivity index (χ3n) is 6.50. The Morgan fingerprint density at radius 1 is 0.900 bits per heavy atom. The Morgan fingerprint density at radius 3 is 2.42 bits per heavy atom. The van der Waals surface area contributed by atoms with Crippen molar-refractivity contribution < 1.29 is 22.8 Å². The molecule has 0 saturated carbocycles. The Balaban J connectivity index is 1.10. The Bertz CT molecular complexity index is 1490. The Morgan fingerprint density at radius 2 is 1.70 bits per heavy atom. The van der Waals surface area contributed by atoms with E-state index in [1.165, 1.54) is 11.3 Å². The molecule has 1 aliphatic heterocycles. The molecule has 4 heterocycles. The van der Waals surface area contributed by atoms with E-state index in [-0.39, 0.29) is 24.7 Å². The third kappa shape index (κ3) is 6.65. The number of Topliss-reactive ketones (excluding diaryl/α,β-unsaturated/α-hetero) is 1. The molecule has 1 N–H and O–H groups in total. The number of rotatable bonds is 9. The van der Waals surface area contributed by atoms with Gasteiger partial charge in [0, 0.05) is 42.9 Å². The van der Waals surface area contributed by atoms with Gasteiger partial charge in [-0.05, 0) is 49.2 Å². The zero-order valence-corrected chi connectivity index (χ0v) is 22.0. The first-order valence-electron chi connectivity index (χ1n) is 12.6. The summed E-state index contributed by atoms with van der Waals surface area (Å²) in [4.78, 5) is 30.8. The van der Waals surface area contributed by atoms with E-state index in [1.54, 1.807) is 24.4 Å². The largest absolute Gasteiger partial charge is 0.355 e. The van der Waals surface area contributed by atoms with Gasteiger partial charge in [-0.2, -0.15) is 0 Å². The van der Waals surface area contributed by atoms with E-state index in [1.807, 2.05) is 12.1 Å². The molecule has 9 nitrogen and oxygen atoms in total. The van der Waals surface area contributed by atoms with Crippen LogP contribution < -0.4 is 10.2 Å². The van der Waals surface area contributed by atoms with Crippen LogP contribution in [-0.2, 0) is 28.9 Å². The Labute approximate surface area is 231 Å². The Hall–Kier alpha value is -4.26. The lowest BCUT2D eigenvalue weighted by Gasteiger charge is -2.31. The predicted molar refractivity (Wildman–Crippen MR) is 141 cm³/mol. The second-order valence-corrected chi connectivity index (χ2v) is 10.4. The number of hydrogen-bond acceptors (Lipinski definition) is 9. The molecule has 0 spiro atoms. The first-order valence-corrected chi connectivity index (χ1v) is 13.4. The highest BCUT2D eigenvalue weighted by atomic mass is 32.1. The van der Waals surface area contributed by atoms with E-state index in [2.05, 4.69) is 35.6 Å². The van der Waals surface area contributed by atoms with E-state index in [0.29, 0.717) is 41.5 Å². The predicted octanol–water partition coefficient (Wildman–Crippen LogP) is 4.06. The van der Waals surface area contributed by atoms with E-state index in [9.17, 15) is 22.8 Å². The number of halogens is 3. The average Bonchev–Trinajstić information content (AvgIpc) is 3.42. The molecule has 1 aliphatic rings. The fourth-order valence-electron chi connectivity index (χ4n) is 4.43. The quantitative estimate of drug-likeness (QED) is 0.301. The number of nitrogens with zero attached hydrogens (tertiary/aromatic N) is 6. The van der Waals surface area contributed by atoms with E-state index >= 15 is 0 Å². The van der Waals surface area contributed by atoms with Crippen LogP contribution in [0.2, 0.25) is 0 Å². The van der Waals surface area contributed by atoms with Crippen molar-refractivity contribution in [2.24, 2.45) is 0 Å². The number of ketones is 1. The topological polar surface area (TPSA) is 114 Å². The van der Waals surface area contributed by atoms with Crippen LogP contribution in [0, 0.1) is 17.5 Å². The summed E-state index contributed by atoms with van der Waals surface area (Å²) >= 11 is 1.30. The zero-order chi connectivity index (χ0) is 28.1. The van der Waals surface area contributed by atoms with Crippen molar-refractivity contribution >= 4 is 34.7 Å². The molecule has 0 bridgehead atoms. The summed E-state index contributed by atoms with van der Waals surface area (Å²) in [6, 6.07) is 10.4. The minimum atomic E-state index is -1.34. The molecule has 0 aliphatic carbocycles. The van der Waals surface area contributed by atoms with Gasteiger partial charge >= 0.3 is 0 Å². The van der Waals surface area contributed by atoms with Gasteiger partial charge in [-0.3, -0.25) is 14.6 Å². The van der Waals surface area contributed by atoms with Crippen LogP contribution in [0.4, 0.5) is 24.8 Å². The number of pyridine rings is 1. The molecular formula is C27H24F3N7O2S. The van der Waals surface area contributed by atoms with Crippen LogP contribution in [0.25, 0.3) is 0 Å². The number of anilines is 2. The van der Waals surface area contributed by atoms with Crippen molar-refractivity contribution in [1.29, 1.82) is 0 Å². The summed E-state index contributed by atoms with van der Waals surface area (Å²) in [6.07, 6.45) is 2.65. The minimum absolute atomic E-state index is 0.133. The van der Waals surface area contributed by atoms with Gasteiger partial charge in [0.25, 0.3) is 0 Å². The molecule has 5 rings (SSSR count). The number of carbonyl (C=O) groups excluding carboxylic acids is 2. The first kappa shape index (κ1) is 27.3. The van der Waals surface area contributed by atoms with Gasteiger partial charge in [-0.25, -0.2) is 13.2 Å². The van der Waals surface area contributed by atoms with Crippen molar-refractivity contribution in [1.82, 2.24) is 25.4 Å². The second kappa shape index (κ2) is 12.3. The molecule has 0 radical (unpaired) electrons. The normalized spacial score (nSPS) is 13.8. The van der Waals surface area contributed by atoms with Crippen LogP contribution in [0.1, 0.15) is 40.0 Å². The van der Waals surface area contributed by atoms with Gasteiger partial charge in [-0.15, -0.1) is 31.7 Å². The standard InChI is InChI=1S/C27H24F3N7O2S/c28-20-4-5-21(29)26(30)19(20)14-18(38)15-25-35-36-27(40-25)16-8-11-37(12-9-16)23-7-6-22(33-34-23)32-24(39)13-17-3-1-2-10-31-17/h1-7,10,16H,8-9,11-15H2,(H,32,33,39). The fraction of sp³-hybridized carbons (Fsp3) is 0.296. The number of piperidine rings is 1. The highest BCUT2D eigenvalue weighted by molar-refractivity contribution is 7.11. The highest BCUT2D eigenvalue weighted by Gasteiger charge is 2.25. The van der Waals surface area contributed by atoms with E-state index in [0.717, 1.165) is 23.9 Å². The molecule has 1 fully saturated rings. The molecule has 1 amide bonds. The second-order valence-electron chi connectivity index (χ2n) is 9.33. The van der Waals surface area contributed by atoms with Gasteiger partial charge in [-0.1, -0.05) is 6.07 Å². The van der Waals surface area contributed by atoms with Crippen LogP contribution in [0.3, 0.4) is 0 Å². The van der Waals surface area contributed by atoms with E-state index < -0.39 is 35.2 Å². The van der Waals surface area contributed by atoms with Gasteiger partial charge < -0.3 is 10.2 Å². The zero-order valence-electron chi connectivity index (χ0n) is 21.2. The van der Waals surface area contributed by atoms with E-state index in [4.69, 9.17) is 0 Å². The number of aromatic nitrogens is 5. The number of nitrogens with one attached hydrogen (secondary N) is 1. The van der Waals surface area contributed by atoms with Crippen molar-refractivity contribution in [3.8, 4) is 0 Å². The molecule has 3 aromatic heterocycles. The highest BCUT2D eigenvalue weighted by Crippen LogP contribution is 2.32. The molecule has 4 aromatic rings. The Kier molecular flexibility index (Phi) is 8.39. The first-order chi connectivity index (χ1) is 19.4. The van der Waals surface area contributed by atoms with Crippen molar-refractivity contribution in [2.45, 2.75) is 38.0 Å². The number of benzene rings is 1. The summed E-state index contributed by atoms with van der Waals surface area (Å²) in [6.45, 7) is 1.41. The maximum absolute atomic E-state index is 13.9. The lowest BCUT2D eigenvalue weighted by Crippen LogP contribution is -2.33. The van der Waals surface area contributed by atoms with Gasteiger partial charge in [0.05, 0.1) is 12.8 Å². The van der Waals surface area contributed by atoms with Gasteiger partial charge in [0.2, 0.25) is 5.91 Å². The molecule has 40 heavy (non-hydrogen) atoms. The molecular weight excluding hydrogens is 543 g/mol. The average molecular weight is 568 g/mol. The lowest BCUT2D eigenvalue weighted by molar-refractivity contribution is -0.118. The summed E-state index contributed by atoms with van der Waals surface area (Å²) in [5.41, 5.74) is 0.0846. The summed E-state index contributed by atoms with van der Waals surface area (Å²) in [5, 5.41) is 20.7. The molecule has 1 saturated heterocycles.